The lowest BCUT2D eigenvalue weighted by Gasteiger charge is -2.36. The number of hydrogen-bond donors (Lipinski definition) is 1. The summed E-state index contributed by atoms with van der Waals surface area (Å²) >= 11 is 0. The Bertz CT molecular complexity index is 884. The Balaban J connectivity index is 1.57. The molecule has 1 saturated carbocycles. The predicted molar refractivity (Wildman–Crippen MR) is 135 cm³/mol. The normalized spacial score (nSPS) is 27.4. The zero-order valence-corrected chi connectivity index (χ0v) is 21.6. The van der Waals surface area contributed by atoms with Crippen LogP contribution in [0.3, 0.4) is 0 Å². The molecule has 1 N–H and O–H groups in total. The van der Waals surface area contributed by atoms with Gasteiger partial charge in [0.1, 0.15) is 12.4 Å². The van der Waals surface area contributed by atoms with E-state index in [1.807, 2.05) is 6.07 Å². The lowest BCUT2D eigenvalue weighted by molar-refractivity contribution is -0.122. The van der Waals surface area contributed by atoms with Crippen LogP contribution in [0.25, 0.3) is 0 Å². The zero-order chi connectivity index (χ0) is 24.9. The summed E-state index contributed by atoms with van der Waals surface area (Å²) in [6, 6.07) is 5.58. The summed E-state index contributed by atoms with van der Waals surface area (Å²) in [6.07, 6.45) is 3.96. The molecule has 2 fully saturated rings. The highest BCUT2D eigenvalue weighted by Gasteiger charge is 2.32. The molecule has 0 aromatic heterocycles. The average Bonchev–Trinajstić information content (AvgIpc) is 3.69. The van der Waals surface area contributed by atoms with Crippen LogP contribution in [-0.4, -0.2) is 87.4 Å². The van der Waals surface area contributed by atoms with Crippen molar-refractivity contribution in [1.82, 2.24) is 9.80 Å². The molecular formula is C27H41N3O5. The van der Waals surface area contributed by atoms with Gasteiger partial charge in [0.25, 0.3) is 5.91 Å². The summed E-state index contributed by atoms with van der Waals surface area (Å²) in [5.74, 6) is 1.35. The number of nitrogens with zero attached hydrogens (tertiary/aromatic N) is 2. The lowest BCUT2D eigenvalue weighted by atomic mass is 9.99. The predicted octanol–water partition coefficient (Wildman–Crippen LogP) is 3.27. The molecule has 0 radical (unpaired) electrons. The van der Waals surface area contributed by atoms with Gasteiger partial charge in [0, 0.05) is 64.7 Å². The number of amides is 2. The minimum absolute atomic E-state index is 0.0271. The molecule has 194 valence electrons. The number of benzene rings is 1. The maximum Gasteiger partial charge on any atom is 0.257 e. The van der Waals surface area contributed by atoms with Crippen molar-refractivity contribution in [2.24, 2.45) is 17.8 Å². The van der Waals surface area contributed by atoms with Crippen LogP contribution in [0.15, 0.2) is 18.2 Å². The summed E-state index contributed by atoms with van der Waals surface area (Å²) in [5, 5.41) is 3.00. The number of nitrogens with one attached hydrogen (secondary N) is 1. The Morgan fingerprint density at radius 2 is 1.89 bits per heavy atom. The van der Waals surface area contributed by atoms with E-state index >= 15 is 0 Å². The number of ether oxygens (including phenoxy) is 3. The molecule has 2 amide bonds. The number of likely N-dealkylation sites (N-methyl/N-ethyl adjacent to an activating group) is 1. The number of methoxy groups -OCH3 is 1. The maximum absolute atomic E-state index is 13.5. The molecule has 2 aliphatic heterocycles. The van der Waals surface area contributed by atoms with Crippen molar-refractivity contribution in [2.75, 3.05) is 58.9 Å². The second-order valence-electron chi connectivity index (χ2n) is 10.6. The van der Waals surface area contributed by atoms with Crippen LogP contribution in [0, 0.1) is 17.8 Å². The maximum atomic E-state index is 13.5. The van der Waals surface area contributed by atoms with Gasteiger partial charge in [-0.15, -0.1) is 0 Å². The quantitative estimate of drug-likeness (QED) is 0.687. The first-order chi connectivity index (χ1) is 16.9. The molecule has 1 aromatic carbocycles. The van der Waals surface area contributed by atoms with Crippen LogP contribution in [0.5, 0.6) is 5.75 Å². The topological polar surface area (TPSA) is 80.3 Å². The van der Waals surface area contributed by atoms with Gasteiger partial charge in [0.05, 0.1) is 11.7 Å². The minimum atomic E-state index is -0.139. The molecule has 0 bridgehead atoms. The summed E-state index contributed by atoms with van der Waals surface area (Å²) in [7, 11) is 3.52. The molecule has 8 nitrogen and oxygen atoms in total. The fraction of sp³-hybridized carbons (Fsp3) is 0.704. The molecule has 3 aliphatic rings. The van der Waals surface area contributed by atoms with Crippen molar-refractivity contribution >= 4 is 17.5 Å². The van der Waals surface area contributed by atoms with Crippen LogP contribution in [0.4, 0.5) is 5.69 Å². The zero-order valence-electron chi connectivity index (χ0n) is 21.6. The van der Waals surface area contributed by atoms with E-state index in [1.54, 1.807) is 31.2 Å². The first-order valence-electron chi connectivity index (χ1n) is 13.0. The van der Waals surface area contributed by atoms with Gasteiger partial charge in [-0.25, -0.2) is 0 Å². The van der Waals surface area contributed by atoms with E-state index in [9.17, 15) is 9.59 Å². The number of carbonyl (C=O) groups is 2. The van der Waals surface area contributed by atoms with Gasteiger partial charge >= 0.3 is 0 Å². The molecule has 2 heterocycles. The molecular weight excluding hydrogens is 446 g/mol. The summed E-state index contributed by atoms with van der Waals surface area (Å²) in [4.78, 5) is 30.5. The molecule has 35 heavy (non-hydrogen) atoms. The highest BCUT2D eigenvalue weighted by atomic mass is 16.5. The third kappa shape index (κ3) is 6.74. The van der Waals surface area contributed by atoms with Gasteiger partial charge in [-0.05, 0) is 62.6 Å². The summed E-state index contributed by atoms with van der Waals surface area (Å²) < 4.78 is 17.5. The van der Waals surface area contributed by atoms with E-state index in [1.165, 1.54) is 12.8 Å². The van der Waals surface area contributed by atoms with Crippen molar-refractivity contribution in [3.8, 4) is 5.75 Å². The van der Waals surface area contributed by atoms with Gasteiger partial charge in [0.15, 0.2) is 0 Å². The molecule has 1 aromatic rings. The number of anilines is 1. The molecule has 3 atom stereocenters. The summed E-state index contributed by atoms with van der Waals surface area (Å²) in [6.45, 7) is 8.57. The van der Waals surface area contributed by atoms with E-state index in [0.717, 1.165) is 19.0 Å². The monoisotopic (exact) mass is 487 g/mol. The van der Waals surface area contributed by atoms with Gasteiger partial charge in [-0.3, -0.25) is 14.5 Å². The third-order valence-corrected chi connectivity index (χ3v) is 7.62. The van der Waals surface area contributed by atoms with E-state index < -0.39 is 0 Å². The number of hydrogen-bond acceptors (Lipinski definition) is 6. The van der Waals surface area contributed by atoms with Crippen molar-refractivity contribution in [3.63, 3.8) is 0 Å². The van der Waals surface area contributed by atoms with Crippen molar-refractivity contribution in [3.05, 3.63) is 23.8 Å². The number of rotatable bonds is 5. The van der Waals surface area contributed by atoms with E-state index in [4.69, 9.17) is 14.2 Å². The second-order valence-corrected chi connectivity index (χ2v) is 10.6. The van der Waals surface area contributed by atoms with Crippen LogP contribution in [0.1, 0.15) is 49.9 Å². The average molecular weight is 488 g/mol. The van der Waals surface area contributed by atoms with Crippen LogP contribution in [0.2, 0.25) is 0 Å². The standard InChI is InChI=1S/C27H41N3O5/c1-18-14-30(15-20-5-6-20)19(2)17-35-24-8-7-22(28-26(31)21-9-11-34-12-10-21)13-23(24)27(32)29(3)16-25(18)33-4/h7-8,13,18-21,25H,5-6,9-12,14-17H2,1-4H3,(H,28,31)/t18-,19-,25+/m0/s1. The Hall–Kier alpha value is -2.16. The molecule has 1 aliphatic carbocycles. The van der Waals surface area contributed by atoms with Crippen molar-refractivity contribution in [2.45, 2.75) is 51.7 Å². The van der Waals surface area contributed by atoms with Crippen LogP contribution < -0.4 is 10.1 Å². The van der Waals surface area contributed by atoms with Crippen molar-refractivity contribution < 1.29 is 23.8 Å². The first-order valence-corrected chi connectivity index (χ1v) is 13.0. The Morgan fingerprint density at radius 1 is 1.14 bits per heavy atom. The van der Waals surface area contributed by atoms with E-state index in [-0.39, 0.29) is 35.8 Å². The second kappa shape index (κ2) is 11.7. The number of carbonyl (C=O) groups excluding carboxylic acids is 2. The fourth-order valence-corrected chi connectivity index (χ4v) is 5.02. The molecule has 4 rings (SSSR count). The van der Waals surface area contributed by atoms with Gasteiger partial charge in [-0.1, -0.05) is 6.92 Å². The minimum Gasteiger partial charge on any atom is -0.491 e. The van der Waals surface area contributed by atoms with Crippen molar-refractivity contribution in [1.29, 1.82) is 0 Å². The molecule has 0 unspecified atom stereocenters. The highest BCUT2D eigenvalue weighted by molar-refractivity contribution is 5.99. The Labute approximate surface area is 209 Å². The number of fused-ring (bicyclic) bond motifs is 1. The Kier molecular flexibility index (Phi) is 8.68. The van der Waals surface area contributed by atoms with Gasteiger partial charge in [0.2, 0.25) is 5.91 Å². The molecule has 1 saturated heterocycles. The fourth-order valence-electron chi connectivity index (χ4n) is 5.02. The van der Waals surface area contributed by atoms with Crippen LogP contribution >= 0.6 is 0 Å². The van der Waals surface area contributed by atoms with Gasteiger partial charge in [-0.2, -0.15) is 0 Å². The largest absolute Gasteiger partial charge is 0.491 e. The molecule has 0 spiro atoms. The third-order valence-electron chi connectivity index (χ3n) is 7.62. The van der Waals surface area contributed by atoms with Gasteiger partial charge < -0.3 is 24.4 Å². The first kappa shape index (κ1) is 25.9. The Morgan fingerprint density at radius 3 is 2.57 bits per heavy atom. The van der Waals surface area contributed by atoms with E-state index in [2.05, 4.69) is 24.1 Å². The SMILES string of the molecule is CO[C@@H]1CN(C)C(=O)c2cc(NC(=O)C3CCOCC3)ccc2OC[C@H](C)N(CC2CC2)C[C@@H]1C. The summed E-state index contributed by atoms with van der Waals surface area (Å²) in [5.41, 5.74) is 1.07. The van der Waals surface area contributed by atoms with Crippen LogP contribution in [-0.2, 0) is 14.3 Å². The lowest BCUT2D eigenvalue weighted by Crippen LogP contribution is -2.47. The highest BCUT2D eigenvalue weighted by Crippen LogP contribution is 2.32. The van der Waals surface area contributed by atoms with E-state index in [0.29, 0.717) is 56.2 Å². The smallest absolute Gasteiger partial charge is 0.257 e. The molecule has 8 heteroatoms.